The van der Waals surface area contributed by atoms with Crippen LogP contribution in [-0.4, -0.2) is 78.4 Å². The van der Waals surface area contributed by atoms with Crippen molar-refractivity contribution in [2.75, 3.05) is 44.2 Å². The molecule has 2 aromatic rings. The SMILES string of the molecule is C[C@H]1CN([C@@H](C)CO)C(=O)c2cccc(NC(=O)C3CCCCC3)c2O[C@@H]1CN(C)C(=O)Nc1ccc2c(c1)OCO2. The zero-order chi connectivity index (χ0) is 29.8. The number of anilines is 2. The first-order valence-corrected chi connectivity index (χ1v) is 14.7. The van der Waals surface area contributed by atoms with Crippen molar-refractivity contribution in [2.24, 2.45) is 11.8 Å². The second-order valence-electron chi connectivity index (χ2n) is 11.5. The Balaban J connectivity index is 1.39. The number of hydrogen-bond acceptors (Lipinski definition) is 7. The van der Waals surface area contributed by atoms with E-state index in [-0.39, 0.29) is 55.4 Å². The van der Waals surface area contributed by atoms with Crippen LogP contribution in [0, 0.1) is 11.8 Å². The number of para-hydroxylation sites is 1. The van der Waals surface area contributed by atoms with E-state index >= 15 is 0 Å². The van der Waals surface area contributed by atoms with Gasteiger partial charge in [0.25, 0.3) is 5.91 Å². The molecule has 3 N–H and O–H groups in total. The fourth-order valence-corrected chi connectivity index (χ4v) is 5.71. The first-order valence-electron chi connectivity index (χ1n) is 14.7. The minimum atomic E-state index is -0.523. The van der Waals surface area contributed by atoms with Gasteiger partial charge in [-0.1, -0.05) is 32.3 Å². The summed E-state index contributed by atoms with van der Waals surface area (Å²) in [4.78, 5) is 43.3. The predicted molar refractivity (Wildman–Crippen MR) is 157 cm³/mol. The number of rotatable bonds is 7. The summed E-state index contributed by atoms with van der Waals surface area (Å²) in [5, 5.41) is 15.9. The van der Waals surface area contributed by atoms with Gasteiger partial charge in [-0.3, -0.25) is 9.59 Å². The van der Waals surface area contributed by atoms with Gasteiger partial charge in [0, 0.05) is 37.2 Å². The molecule has 3 atom stereocenters. The van der Waals surface area contributed by atoms with E-state index in [1.165, 1.54) is 4.90 Å². The Morgan fingerprint density at radius 3 is 2.62 bits per heavy atom. The molecule has 0 unspecified atom stereocenters. The van der Waals surface area contributed by atoms with E-state index in [4.69, 9.17) is 14.2 Å². The number of benzene rings is 2. The lowest BCUT2D eigenvalue weighted by Crippen LogP contribution is -2.50. The van der Waals surface area contributed by atoms with Crippen LogP contribution in [0.5, 0.6) is 17.2 Å². The Bertz CT molecular complexity index is 1310. The zero-order valence-electron chi connectivity index (χ0n) is 24.4. The fourth-order valence-electron chi connectivity index (χ4n) is 5.71. The summed E-state index contributed by atoms with van der Waals surface area (Å²) in [7, 11) is 1.67. The van der Waals surface area contributed by atoms with Crippen molar-refractivity contribution in [1.29, 1.82) is 0 Å². The maximum atomic E-state index is 13.7. The van der Waals surface area contributed by atoms with Gasteiger partial charge in [-0.25, -0.2) is 4.79 Å². The number of likely N-dealkylation sites (N-methyl/N-ethyl adjacent to an activating group) is 1. The highest BCUT2D eigenvalue weighted by Crippen LogP contribution is 2.37. The number of aliphatic hydroxyl groups excluding tert-OH is 1. The molecule has 226 valence electrons. The molecule has 0 aromatic heterocycles. The molecule has 1 saturated carbocycles. The maximum Gasteiger partial charge on any atom is 0.321 e. The Morgan fingerprint density at radius 2 is 1.86 bits per heavy atom. The van der Waals surface area contributed by atoms with Crippen LogP contribution in [0.1, 0.15) is 56.3 Å². The van der Waals surface area contributed by atoms with E-state index in [1.54, 1.807) is 55.3 Å². The third kappa shape index (κ3) is 6.41. The lowest BCUT2D eigenvalue weighted by Gasteiger charge is -2.38. The molecular weight excluding hydrogens is 540 g/mol. The molecular formula is C31H40N4O7. The Labute approximate surface area is 246 Å². The normalized spacial score (nSPS) is 21.0. The molecule has 1 fully saturated rings. The van der Waals surface area contributed by atoms with Gasteiger partial charge in [0.1, 0.15) is 6.10 Å². The Kier molecular flexibility index (Phi) is 9.06. The van der Waals surface area contributed by atoms with Crippen LogP contribution in [-0.2, 0) is 4.79 Å². The quantitative estimate of drug-likeness (QED) is 0.445. The minimum absolute atomic E-state index is 0.0772. The van der Waals surface area contributed by atoms with Crippen LogP contribution in [0.3, 0.4) is 0 Å². The molecule has 42 heavy (non-hydrogen) atoms. The summed E-state index contributed by atoms with van der Waals surface area (Å²) in [6, 6.07) is 9.56. The van der Waals surface area contributed by atoms with E-state index in [2.05, 4.69) is 10.6 Å². The highest BCUT2D eigenvalue weighted by molar-refractivity contribution is 6.02. The van der Waals surface area contributed by atoms with Crippen molar-refractivity contribution in [3.8, 4) is 17.2 Å². The summed E-state index contributed by atoms with van der Waals surface area (Å²) in [5.74, 6) is 0.826. The summed E-state index contributed by atoms with van der Waals surface area (Å²) >= 11 is 0. The number of nitrogens with one attached hydrogen (secondary N) is 2. The third-order valence-corrected chi connectivity index (χ3v) is 8.35. The topological polar surface area (TPSA) is 130 Å². The van der Waals surface area contributed by atoms with Gasteiger partial charge >= 0.3 is 6.03 Å². The highest BCUT2D eigenvalue weighted by Gasteiger charge is 2.35. The lowest BCUT2D eigenvalue weighted by atomic mass is 9.88. The molecule has 4 amide bonds. The molecule has 1 aliphatic carbocycles. The van der Waals surface area contributed by atoms with E-state index in [1.807, 2.05) is 6.92 Å². The lowest BCUT2D eigenvalue weighted by molar-refractivity contribution is -0.120. The van der Waals surface area contributed by atoms with Gasteiger partial charge in [0.05, 0.1) is 30.4 Å². The van der Waals surface area contributed by atoms with E-state index in [0.717, 1.165) is 32.1 Å². The summed E-state index contributed by atoms with van der Waals surface area (Å²) in [6.45, 7) is 4.21. The average molecular weight is 581 g/mol. The molecule has 0 spiro atoms. The van der Waals surface area contributed by atoms with Crippen LogP contribution in [0.4, 0.5) is 16.2 Å². The smallest absolute Gasteiger partial charge is 0.321 e. The van der Waals surface area contributed by atoms with Gasteiger partial charge < -0.3 is 39.8 Å². The second kappa shape index (κ2) is 12.9. The van der Waals surface area contributed by atoms with Crippen molar-refractivity contribution in [3.63, 3.8) is 0 Å². The largest absolute Gasteiger partial charge is 0.485 e. The molecule has 11 heteroatoms. The number of aliphatic hydroxyl groups is 1. The highest BCUT2D eigenvalue weighted by atomic mass is 16.7. The van der Waals surface area contributed by atoms with Crippen LogP contribution in [0.2, 0.25) is 0 Å². The van der Waals surface area contributed by atoms with Crippen LogP contribution < -0.4 is 24.8 Å². The van der Waals surface area contributed by atoms with Gasteiger partial charge in [0.15, 0.2) is 17.2 Å². The van der Waals surface area contributed by atoms with E-state index < -0.39 is 12.1 Å². The minimum Gasteiger partial charge on any atom is -0.485 e. The molecule has 5 rings (SSSR count). The maximum absolute atomic E-state index is 13.7. The predicted octanol–water partition coefficient (Wildman–Crippen LogP) is 4.32. The van der Waals surface area contributed by atoms with Crippen molar-refractivity contribution in [3.05, 3.63) is 42.0 Å². The number of urea groups is 1. The molecule has 2 aliphatic heterocycles. The van der Waals surface area contributed by atoms with Gasteiger partial charge in [-0.15, -0.1) is 0 Å². The van der Waals surface area contributed by atoms with Crippen LogP contribution in [0.25, 0.3) is 0 Å². The molecule has 2 heterocycles. The number of carbonyl (C=O) groups excluding carboxylic acids is 3. The Morgan fingerprint density at radius 1 is 1.10 bits per heavy atom. The number of ether oxygens (including phenoxy) is 3. The summed E-state index contributed by atoms with van der Waals surface area (Å²) in [5.41, 5.74) is 1.30. The molecule has 2 aromatic carbocycles. The number of fused-ring (bicyclic) bond motifs is 2. The fraction of sp³-hybridized carbons (Fsp3) is 0.516. The van der Waals surface area contributed by atoms with Crippen molar-refractivity contribution >= 4 is 29.2 Å². The molecule has 0 radical (unpaired) electrons. The molecule has 0 saturated heterocycles. The monoisotopic (exact) mass is 580 g/mol. The van der Waals surface area contributed by atoms with Crippen molar-refractivity contribution < 1.29 is 33.7 Å². The number of carbonyl (C=O) groups is 3. The standard InChI is InChI=1S/C31H40N4O7/c1-19-15-35(20(2)17-36)30(38)23-10-7-11-24(33-29(37)21-8-5-4-6-9-21)28(23)42-27(19)16-34(3)31(39)32-22-12-13-25-26(14-22)41-18-40-25/h7,10-14,19-21,27,36H,4-6,8-9,15-18H2,1-3H3,(H,32,39)(H,33,37)/t19-,20-,27+/m0/s1. The van der Waals surface area contributed by atoms with Crippen LogP contribution in [0.15, 0.2) is 36.4 Å². The number of amides is 4. The summed E-state index contributed by atoms with van der Waals surface area (Å²) in [6.07, 6.45) is 4.33. The summed E-state index contributed by atoms with van der Waals surface area (Å²) < 4.78 is 17.3. The average Bonchev–Trinajstić information content (AvgIpc) is 3.47. The van der Waals surface area contributed by atoms with E-state index in [0.29, 0.717) is 35.0 Å². The first-order chi connectivity index (χ1) is 20.2. The van der Waals surface area contributed by atoms with E-state index in [9.17, 15) is 19.5 Å². The first kappa shape index (κ1) is 29.5. The van der Waals surface area contributed by atoms with Crippen molar-refractivity contribution in [1.82, 2.24) is 9.80 Å². The number of hydrogen-bond donors (Lipinski definition) is 3. The van der Waals surface area contributed by atoms with Gasteiger partial charge in [-0.2, -0.15) is 0 Å². The Hall–Kier alpha value is -3.99. The van der Waals surface area contributed by atoms with Gasteiger partial charge in [-0.05, 0) is 44.0 Å². The van der Waals surface area contributed by atoms with Gasteiger partial charge in [0.2, 0.25) is 12.7 Å². The zero-order valence-corrected chi connectivity index (χ0v) is 24.4. The second-order valence-corrected chi connectivity index (χ2v) is 11.5. The molecule has 11 nitrogen and oxygen atoms in total. The molecule has 0 bridgehead atoms. The van der Waals surface area contributed by atoms with Crippen LogP contribution >= 0.6 is 0 Å². The number of nitrogens with zero attached hydrogens (tertiary/aromatic N) is 2. The van der Waals surface area contributed by atoms with Crippen molar-refractivity contribution in [2.45, 2.75) is 58.1 Å². The molecule has 3 aliphatic rings. The third-order valence-electron chi connectivity index (χ3n) is 8.35.